The molecule has 0 bridgehead atoms. The summed E-state index contributed by atoms with van der Waals surface area (Å²) in [5.41, 5.74) is 0.659. The molecule has 0 aliphatic carbocycles. The van der Waals surface area contributed by atoms with Gasteiger partial charge in [0.25, 0.3) is 0 Å². The second-order valence-electron chi connectivity index (χ2n) is 5.83. The lowest BCUT2D eigenvalue weighted by atomic mass is 10.2. The highest BCUT2D eigenvalue weighted by Gasteiger charge is 2.21. The van der Waals surface area contributed by atoms with E-state index < -0.39 is 0 Å². The Balaban J connectivity index is 0.00000243. The van der Waals surface area contributed by atoms with Crippen molar-refractivity contribution in [2.45, 2.75) is 20.4 Å². The number of rotatable bonds is 4. The lowest BCUT2D eigenvalue weighted by Gasteiger charge is -2.37. The molecule has 7 nitrogen and oxygen atoms in total. The van der Waals surface area contributed by atoms with E-state index in [9.17, 15) is 4.39 Å². The second kappa shape index (κ2) is 9.70. The van der Waals surface area contributed by atoms with Crippen molar-refractivity contribution in [3.05, 3.63) is 41.8 Å². The van der Waals surface area contributed by atoms with E-state index in [0.717, 1.165) is 38.7 Å². The van der Waals surface area contributed by atoms with E-state index in [1.165, 1.54) is 6.07 Å². The fourth-order valence-electron chi connectivity index (χ4n) is 2.84. The molecule has 1 N–H and O–H groups in total. The summed E-state index contributed by atoms with van der Waals surface area (Å²) in [6, 6.07) is 6.90. The number of aliphatic imine (C=N–C) groups is 1. The fourth-order valence-corrected chi connectivity index (χ4v) is 2.84. The highest BCUT2D eigenvalue weighted by atomic mass is 127. The minimum absolute atomic E-state index is 0. The minimum Gasteiger partial charge on any atom is -0.366 e. The van der Waals surface area contributed by atoms with E-state index in [0.29, 0.717) is 23.9 Å². The van der Waals surface area contributed by atoms with Crippen molar-refractivity contribution < 1.29 is 8.91 Å². The molecule has 1 saturated heterocycles. The van der Waals surface area contributed by atoms with E-state index in [4.69, 9.17) is 4.52 Å². The number of guanidine groups is 1. The van der Waals surface area contributed by atoms with Gasteiger partial charge >= 0.3 is 0 Å². The average molecular weight is 474 g/mol. The smallest absolute Gasteiger partial charge is 0.223 e. The third-order valence-corrected chi connectivity index (χ3v) is 4.05. The van der Waals surface area contributed by atoms with Gasteiger partial charge in [0, 0.05) is 39.6 Å². The monoisotopic (exact) mass is 474 g/mol. The summed E-state index contributed by atoms with van der Waals surface area (Å²) in [5, 5.41) is 7.16. The van der Waals surface area contributed by atoms with E-state index in [1.807, 2.05) is 19.1 Å². The van der Waals surface area contributed by atoms with Crippen molar-refractivity contribution in [2.24, 2.45) is 4.99 Å². The molecule has 142 valence electrons. The molecule has 0 unspecified atom stereocenters. The molecule has 9 heteroatoms. The minimum atomic E-state index is -0.177. The van der Waals surface area contributed by atoms with Crippen LogP contribution in [0.4, 0.5) is 10.1 Å². The number of anilines is 1. The van der Waals surface area contributed by atoms with Gasteiger partial charge in [-0.25, -0.2) is 9.38 Å². The van der Waals surface area contributed by atoms with E-state index >= 15 is 0 Å². The average Bonchev–Trinajstić information content (AvgIpc) is 3.05. The summed E-state index contributed by atoms with van der Waals surface area (Å²) < 4.78 is 18.9. The molecule has 3 rings (SSSR count). The van der Waals surface area contributed by atoms with Crippen molar-refractivity contribution in [3.8, 4) is 0 Å². The zero-order chi connectivity index (χ0) is 17.6. The summed E-state index contributed by atoms with van der Waals surface area (Å²) >= 11 is 0. The summed E-state index contributed by atoms with van der Waals surface area (Å²) in [7, 11) is 0. The predicted octanol–water partition coefficient (Wildman–Crippen LogP) is 2.42. The van der Waals surface area contributed by atoms with Gasteiger partial charge in [0.15, 0.2) is 11.8 Å². The van der Waals surface area contributed by atoms with Crippen molar-refractivity contribution in [1.82, 2.24) is 20.4 Å². The van der Waals surface area contributed by atoms with Crippen LogP contribution in [0.5, 0.6) is 0 Å². The van der Waals surface area contributed by atoms with Gasteiger partial charge in [-0.05, 0) is 19.1 Å². The number of piperazine rings is 1. The SMILES string of the molecule is CCNC(=NCc1noc(C)n1)N1CCN(c2ccccc2F)CC1.I. The molecule has 0 saturated carbocycles. The largest absolute Gasteiger partial charge is 0.366 e. The topological polar surface area (TPSA) is 69.8 Å². The molecular formula is C17H24FIN6O. The van der Waals surface area contributed by atoms with Crippen LogP contribution in [-0.2, 0) is 6.54 Å². The zero-order valence-corrected chi connectivity index (χ0v) is 17.3. The summed E-state index contributed by atoms with van der Waals surface area (Å²) in [5.74, 6) is 1.74. The zero-order valence-electron chi connectivity index (χ0n) is 15.0. The van der Waals surface area contributed by atoms with Crippen LogP contribution in [0.3, 0.4) is 0 Å². The Hall–Kier alpha value is -1.91. The van der Waals surface area contributed by atoms with Crippen LogP contribution < -0.4 is 10.2 Å². The number of nitrogens with zero attached hydrogens (tertiary/aromatic N) is 5. The lowest BCUT2D eigenvalue weighted by molar-refractivity contribution is 0.369. The van der Waals surface area contributed by atoms with Crippen molar-refractivity contribution in [2.75, 3.05) is 37.6 Å². The van der Waals surface area contributed by atoms with Gasteiger partial charge < -0.3 is 19.6 Å². The Labute approximate surface area is 169 Å². The number of halogens is 2. The van der Waals surface area contributed by atoms with Crippen LogP contribution in [0.15, 0.2) is 33.8 Å². The third kappa shape index (κ3) is 5.05. The first kappa shape index (κ1) is 20.4. The van der Waals surface area contributed by atoms with E-state index in [2.05, 4.69) is 30.2 Å². The maximum absolute atomic E-state index is 13.9. The Kier molecular flexibility index (Phi) is 7.61. The molecule has 0 amide bonds. The first-order chi connectivity index (χ1) is 12.2. The summed E-state index contributed by atoms with van der Waals surface area (Å²) in [4.78, 5) is 13.0. The standard InChI is InChI=1S/C17H23FN6O.HI/c1-3-19-17(20-12-16-21-13(2)25-22-16)24-10-8-23(9-11-24)15-7-5-4-6-14(15)18;/h4-7H,3,8-12H2,1-2H3,(H,19,20);1H. The molecule has 0 atom stereocenters. The number of nitrogens with one attached hydrogen (secondary N) is 1. The van der Waals surface area contributed by atoms with Gasteiger partial charge in [0.05, 0.1) is 5.69 Å². The molecule has 26 heavy (non-hydrogen) atoms. The predicted molar refractivity (Wildman–Crippen MR) is 109 cm³/mol. The van der Waals surface area contributed by atoms with Crippen LogP contribution in [0.2, 0.25) is 0 Å². The second-order valence-corrected chi connectivity index (χ2v) is 5.83. The number of para-hydroxylation sites is 1. The first-order valence-corrected chi connectivity index (χ1v) is 8.49. The highest BCUT2D eigenvalue weighted by molar-refractivity contribution is 14.0. The fraction of sp³-hybridized carbons (Fsp3) is 0.471. The summed E-state index contributed by atoms with van der Waals surface area (Å²) in [6.45, 7) is 7.96. The van der Waals surface area contributed by atoms with Crippen LogP contribution in [0, 0.1) is 12.7 Å². The Bertz CT molecular complexity index is 730. The van der Waals surface area contributed by atoms with E-state index in [1.54, 1.807) is 13.0 Å². The molecule has 1 aliphatic rings. The molecule has 1 aliphatic heterocycles. The Morgan fingerprint density at radius 1 is 1.27 bits per heavy atom. The van der Waals surface area contributed by atoms with Gasteiger partial charge in [-0.2, -0.15) is 4.98 Å². The van der Waals surface area contributed by atoms with Crippen LogP contribution >= 0.6 is 24.0 Å². The number of hydrogen-bond acceptors (Lipinski definition) is 5. The third-order valence-electron chi connectivity index (χ3n) is 4.05. The molecule has 2 heterocycles. The summed E-state index contributed by atoms with van der Waals surface area (Å²) in [6.07, 6.45) is 0. The van der Waals surface area contributed by atoms with Crippen molar-refractivity contribution >= 4 is 35.6 Å². The molecular weight excluding hydrogens is 450 g/mol. The van der Waals surface area contributed by atoms with E-state index in [-0.39, 0.29) is 29.8 Å². The maximum atomic E-state index is 13.9. The Morgan fingerprint density at radius 2 is 2.00 bits per heavy atom. The van der Waals surface area contributed by atoms with Crippen molar-refractivity contribution in [3.63, 3.8) is 0 Å². The van der Waals surface area contributed by atoms with Crippen LogP contribution in [0.1, 0.15) is 18.6 Å². The number of aryl methyl sites for hydroxylation is 1. The van der Waals surface area contributed by atoms with Crippen LogP contribution in [0.25, 0.3) is 0 Å². The van der Waals surface area contributed by atoms with Gasteiger partial charge in [0.1, 0.15) is 12.4 Å². The lowest BCUT2D eigenvalue weighted by Crippen LogP contribution is -2.52. The van der Waals surface area contributed by atoms with Crippen LogP contribution in [-0.4, -0.2) is 53.7 Å². The first-order valence-electron chi connectivity index (χ1n) is 8.49. The van der Waals surface area contributed by atoms with Gasteiger partial charge in [-0.15, -0.1) is 24.0 Å². The molecule has 1 aromatic heterocycles. The quantitative estimate of drug-likeness (QED) is 0.417. The van der Waals surface area contributed by atoms with Gasteiger partial charge in [0.2, 0.25) is 5.89 Å². The number of benzene rings is 1. The molecule has 2 aromatic rings. The maximum Gasteiger partial charge on any atom is 0.223 e. The number of hydrogen-bond donors (Lipinski definition) is 1. The highest BCUT2D eigenvalue weighted by Crippen LogP contribution is 2.20. The molecule has 0 radical (unpaired) electrons. The van der Waals surface area contributed by atoms with Gasteiger partial charge in [-0.1, -0.05) is 17.3 Å². The van der Waals surface area contributed by atoms with Crippen molar-refractivity contribution in [1.29, 1.82) is 0 Å². The normalized spacial score (nSPS) is 15.0. The Morgan fingerprint density at radius 3 is 2.62 bits per heavy atom. The molecule has 1 fully saturated rings. The van der Waals surface area contributed by atoms with Gasteiger partial charge in [-0.3, -0.25) is 0 Å². The number of aromatic nitrogens is 2. The molecule has 0 spiro atoms. The molecule has 1 aromatic carbocycles.